The van der Waals surface area contributed by atoms with Gasteiger partial charge in [-0.3, -0.25) is 0 Å². The van der Waals surface area contributed by atoms with E-state index in [-0.39, 0.29) is 0 Å². The number of hydrogen-bond acceptors (Lipinski definition) is 1. The van der Waals surface area contributed by atoms with Crippen LogP contribution >= 0.6 is 11.6 Å². The third-order valence-electron chi connectivity index (χ3n) is 3.11. The molecule has 0 aliphatic carbocycles. The van der Waals surface area contributed by atoms with Gasteiger partial charge in [0.1, 0.15) is 5.75 Å². The Hall–Kier alpha value is -0.950. The topological polar surface area (TPSA) is 9.23 Å². The van der Waals surface area contributed by atoms with Crippen LogP contribution < -0.4 is 4.74 Å². The molecule has 0 unspecified atom stereocenters. The molecule has 16 heavy (non-hydrogen) atoms. The van der Waals surface area contributed by atoms with Crippen molar-refractivity contribution in [3.05, 3.63) is 33.9 Å². The minimum atomic E-state index is 0.487. The first-order valence-electron chi connectivity index (χ1n) is 5.43. The third-order valence-corrected chi connectivity index (χ3v) is 3.38. The van der Waals surface area contributed by atoms with E-state index in [4.69, 9.17) is 16.3 Å². The first-order chi connectivity index (χ1) is 7.58. The van der Waals surface area contributed by atoms with Crippen LogP contribution in [0.2, 0.25) is 0 Å². The van der Waals surface area contributed by atoms with Crippen LogP contribution in [0.4, 0.5) is 0 Å². The number of ether oxygens (including phenoxy) is 1. The van der Waals surface area contributed by atoms with Gasteiger partial charge in [0.2, 0.25) is 0 Å². The van der Waals surface area contributed by atoms with E-state index in [1.807, 2.05) is 6.92 Å². The van der Waals surface area contributed by atoms with Crippen molar-refractivity contribution in [2.45, 2.75) is 33.6 Å². The monoisotopic (exact) mass is 238 g/mol. The van der Waals surface area contributed by atoms with Crippen LogP contribution in [0.25, 0.3) is 6.08 Å². The summed E-state index contributed by atoms with van der Waals surface area (Å²) in [7, 11) is 1.70. The zero-order valence-electron chi connectivity index (χ0n) is 10.6. The molecular weight excluding hydrogens is 220 g/mol. The lowest BCUT2D eigenvalue weighted by Gasteiger charge is -2.18. The lowest BCUT2D eigenvalue weighted by Crippen LogP contribution is -2.02. The van der Waals surface area contributed by atoms with Crippen LogP contribution in [0.5, 0.6) is 5.75 Å². The maximum Gasteiger partial charge on any atom is 0.126 e. The van der Waals surface area contributed by atoms with E-state index >= 15 is 0 Å². The van der Waals surface area contributed by atoms with Gasteiger partial charge in [0.15, 0.2) is 0 Å². The fourth-order valence-corrected chi connectivity index (χ4v) is 2.39. The summed E-state index contributed by atoms with van der Waals surface area (Å²) in [6.07, 6.45) is 4.19. The fraction of sp³-hybridized carbons (Fsp3) is 0.429. The molecule has 0 heterocycles. The molecule has 1 aromatic rings. The maximum atomic E-state index is 6.01. The minimum Gasteiger partial charge on any atom is -0.496 e. The summed E-state index contributed by atoms with van der Waals surface area (Å²) in [4.78, 5) is 0. The van der Waals surface area contributed by atoms with Crippen molar-refractivity contribution in [3.63, 3.8) is 0 Å². The van der Waals surface area contributed by atoms with Gasteiger partial charge in [0.05, 0.1) is 13.0 Å². The normalized spacial score (nSPS) is 11.1. The van der Waals surface area contributed by atoms with Crippen LogP contribution in [0.15, 0.2) is 6.08 Å². The summed E-state index contributed by atoms with van der Waals surface area (Å²) >= 11 is 6.01. The van der Waals surface area contributed by atoms with Gasteiger partial charge in [0, 0.05) is 5.56 Å². The van der Waals surface area contributed by atoms with E-state index in [9.17, 15) is 0 Å². The van der Waals surface area contributed by atoms with Gasteiger partial charge in [-0.15, -0.1) is 11.6 Å². The Morgan fingerprint density at radius 2 is 1.75 bits per heavy atom. The van der Waals surface area contributed by atoms with E-state index in [2.05, 4.69) is 32.9 Å². The van der Waals surface area contributed by atoms with Crippen molar-refractivity contribution in [1.29, 1.82) is 0 Å². The molecule has 0 saturated carbocycles. The first kappa shape index (κ1) is 13.1. The lowest BCUT2D eigenvalue weighted by molar-refractivity contribution is 0.407. The molecule has 0 spiro atoms. The van der Waals surface area contributed by atoms with Crippen LogP contribution in [0.3, 0.4) is 0 Å². The van der Waals surface area contributed by atoms with Gasteiger partial charge >= 0.3 is 0 Å². The van der Waals surface area contributed by atoms with Crippen LogP contribution in [0.1, 0.15) is 34.7 Å². The number of benzene rings is 1. The molecule has 0 aliphatic heterocycles. The van der Waals surface area contributed by atoms with Crippen LogP contribution in [0, 0.1) is 20.8 Å². The van der Waals surface area contributed by atoms with E-state index < -0.39 is 0 Å². The molecule has 0 N–H and O–H groups in total. The van der Waals surface area contributed by atoms with Crippen LogP contribution in [-0.2, 0) is 5.88 Å². The number of methoxy groups -OCH3 is 1. The van der Waals surface area contributed by atoms with Crippen molar-refractivity contribution in [3.8, 4) is 5.75 Å². The predicted octanol–water partition coefficient (Wildman–Crippen LogP) is 4.39. The number of allylic oxidation sites excluding steroid dienone is 1. The molecule has 0 fully saturated rings. The summed E-state index contributed by atoms with van der Waals surface area (Å²) in [5.41, 5.74) is 6.02. The number of alkyl halides is 1. The summed E-state index contributed by atoms with van der Waals surface area (Å²) in [6, 6.07) is 0. The maximum absolute atomic E-state index is 6.01. The molecule has 1 nitrogen and oxygen atoms in total. The van der Waals surface area contributed by atoms with E-state index in [0.29, 0.717) is 5.88 Å². The van der Waals surface area contributed by atoms with Crippen molar-refractivity contribution in [2.75, 3.05) is 7.11 Å². The quantitative estimate of drug-likeness (QED) is 0.710. The summed E-state index contributed by atoms with van der Waals surface area (Å²) < 4.78 is 5.45. The van der Waals surface area contributed by atoms with Gasteiger partial charge in [-0.05, 0) is 49.9 Å². The van der Waals surface area contributed by atoms with Gasteiger partial charge in [0.25, 0.3) is 0 Å². The average Bonchev–Trinajstić information content (AvgIpc) is 2.29. The second-order valence-corrected chi connectivity index (χ2v) is 4.20. The molecular formula is C14H19ClO. The Kier molecular flexibility index (Phi) is 4.43. The van der Waals surface area contributed by atoms with Crippen molar-refractivity contribution in [2.24, 2.45) is 0 Å². The predicted molar refractivity (Wildman–Crippen MR) is 71.5 cm³/mol. The highest BCUT2D eigenvalue weighted by atomic mass is 35.5. The number of hydrogen-bond donors (Lipinski definition) is 0. The smallest absolute Gasteiger partial charge is 0.126 e. The Balaban J connectivity index is 3.62. The fourth-order valence-electron chi connectivity index (χ4n) is 2.07. The molecule has 0 aliphatic rings. The van der Waals surface area contributed by atoms with Gasteiger partial charge in [-0.2, -0.15) is 0 Å². The van der Waals surface area contributed by atoms with E-state index in [1.54, 1.807) is 7.11 Å². The second kappa shape index (κ2) is 5.40. The third kappa shape index (κ3) is 2.10. The molecule has 0 amide bonds. The van der Waals surface area contributed by atoms with E-state index in [0.717, 1.165) is 11.3 Å². The SMILES string of the molecule is C/C=C/c1c(C)c(C)c(OC)c(CCl)c1C. The second-order valence-electron chi connectivity index (χ2n) is 3.93. The molecule has 0 radical (unpaired) electrons. The van der Waals surface area contributed by atoms with Gasteiger partial charge < -0.3 is 4.74 Å². The summed E-state index contributed by atoms with van der Waals surface area (Å²) in [5, 5.41) is 0. The van der Waals surface area contributed by atoms with Gasteiger partial charge in [-0.1, -0.05) is 12.2 Å². The van der Waals surface area contributed by atoms with Crippen molar-refractivity contribution >= 4 is 17.7 Å². The molecule has 1 aromatic carbocycles. The summed E-state index contributed by atoms with van der Waals surface area (Å²) in [5.74, 6) is 1.42. The average molecular weight is 239 g/mol. The zero-order valence-corrected chi connectivity index (χ0v) is 11.4. The van der Waals surface area contributed by atoms with E-state index in [1.165, 1.54) is 22.3 Å². The Bertz CT molecular complexity index is 419. The number of rotatable bonds is 3. The zero-order chi connectivity index (χ0) is 12.3. The molecule has 0 aromatic heterocycles. The lowest BCUT2D eigenvalue weighted by atomic mass is 9.92. The van der Waals surface area contributed by atoms with Crippen molar-refractivity contribution in [1.82, 2.24) is 0 Å². The molecule has 0 bridgehead atoms. The summed E-state index contributed by atoms with van der Waals surface area (Å²) in [6.45, 7) is 8.33. The van der Waals surface area contributed by atoms with Crippen molar-refractivity contribution < 1.29 is 4.74 Å². The molecule has 2 heteroatoms. The van der Waals surface area contributed by atoms with Gasteiger partial charge in [-0.25, -0.2) is 0 Å². The number of halogens is 1. The molecule has 88 valence electrons. The van der Waals surface area contributed by atoms with Crippen LogP contribution in [-0.4, -0.2) is 7.11 Å². The highest BCUT2D eigenvalue weighted by Gasteiger charge is 2.15. The minimum absolute atomic E-state index is 0.487. The first-order valence-corrected chi connectivity index (χ1v) is 5.97. The molecule has 1 rings (SSSR count). The molecule has 0 saturated heterocycles. The largest absolute Gasteiger partial charge is 0.496 e. The Labute approximate surface area is 103 Å². The molecule has 0 atom stereocenters. The standard InChI is InChI=1S/C14H19ClO/c1-6-7-12-9(2)10(3)14(16-5)13(8-15)11(12)4/h6-7H,8H2,1-5H3/b7-6+. The highest BCUT2D eigenvalue weighted by Crippen LogP contribution is 2.34. The highest BCUT2D eigenvalue weighted by molar-refractivity contribution is 6.17. The Morgan fingerprint density at radius 1 is 1.12 bits per heavy atom. The Morgan fingerprint density at radius 3 is 2.19 bits per heavy atom.